The molecule has 23 heavy (non-hydrogen) atoms. The van der Waals surface area contributed by atoms with Gasteiger partial charge in [0.15, 0.2) is 0 Å². The second-order valence-corrected chi connectivity index (χ2v) is 6.96. The molecule has 3 aromatic rings. The summed E-state index contributed by atoms with van der Waals surface area (Å²) in [5.41, 5.74) is 2.35. The number of thiophene rings is 1. The molecule has 1 N–H and O–H groups in total. The normalized spacial score (nSPS) is 15.3. The Morgan fingerprint density at radius 2 is 1.87 bits per heavy atom. The highest BCUT2D eigenvalue weighted by Crippen LogP contribution is 2.38. The lowest BCUT2D eigenvalue weighted by molar-refractivity contribution is 0.585. The van der Waals surface area contributed by atoms with Crippen LogP contribution in [0.15, 0.2) is 29.6 Å². The van der Waals surface area contributed by atoms with Gasteiger partial charge >= 0.3 is 0 Å². The maximum Gasteiger partial charge on any atom is 0.141 e. The van der Waals surface area contributed by atoms with E-state index in [1.54, 1.807) is 11.3 Å². The van der Waals surface area contributed by atoms with Crippen molar-refractivity contribution in [3.05, 3.63) is 40.5 Å². The van der Waals surface area contributed by atoms with Gasteiger partial charge < -0.3 is 10.2 Å². The highest BCUT2D eigenvalue weighted by Gasteiger charge is 2.20. The summed E-state index contributed by atoms with van der Waals surface area (Å²) >= 11 is 7.71. The van der Waals surface area contributed by atoms with E-state index in [0.717, 1.165) is 58.6 Å². The van der Waals surface area contributed by atoms with Crippen molar-refractivity contribution in [3.63, 3.8) is 0 Å². The molecule has 4 rings (SSSR count). The number of nitrogens with zero attached hydrogens (tertiary/aromatic N) is 3. The van der Waals surface area contributed by atoms with Gasteiger partial charge in [-0.3, -0.25) is 0 Å². The monoisotopic (exact) mass is 344 g/mol. The minimum atomic E-state index is 0.753. The number of hydrogen-bond acceptors (Lipinski definition) is 5. The highest BCUT2D eigenvalue weighted by molar-refractivity contribution is 7.17. The van der Waals surface area contributed by atoms with Crippen LogP contribution in [-0.4, -0.2) is 36.1 Å². The molecule has 1 aliphatic rings. The zero-order valence-corrected chi connectivity index (χ0v) is 14.4. The van der Waals surface area contributed by atoms with Gasteiger partial charge in [0.2, 0.25) is 0 Å². The molecule has 1 fully saturated rings. The first-order valence-corrected chi connectivity index (χ1v) is 8.95. The van der Waals surface area contributed by atoms with E-state index < -0.39 is 0 Å². The second-order valence-electron chi connectivity index (χ2n) is 5.67. The molecule has 0 spiro atoms. The van der Waals surface area contributed by atoms with Crippen LogP contribution in [-0.2, 0) is 0 Å². The Balaban J connectivity index is 1.90. The number of hydrogen-bond donors (Lipinski definition) is 1. The topological polar surface area (TPSA) is 41.1 Å². The van der Waals surface area contributed by atoms with E-state index in [4.69, 9.17) is 16.6 Å². The van der Waals surface area contributed by atoms with Crippen LogP contribution < -0.4 is 10.2 Å². The Labute approximate surface area is 144 Å². The maximum absolute atomic E-state index is 6.03. The van der Waals surface area contributed by atoms with Crippen LogP contribution in [0.1, 0.15) is 5.82 Å². The Bertz CT molecular complexity index is 838. The number of fused-ring (bicyclic) bond motifs is 1. The summed E-state index contributed by atoms with van der Waals surface area (Å²) in [4.78, 5) is 12.8. The van der Waals surface area contributed by atoms with Gasteiger partial charge in [-0.05, 0) is 24.6 Å². The van der Waals surface area contributed by atoms with Crippen LogP contribution in [0.3, 0.4) is 0 Å². The molecule has 0 aliphatic carbocycles. The van der Waals surface area contributed by atoms with Crippen molar-refractivity contribution in [2.75, 3.05) is 31.1 Å². The summed E-state index contributed by atoms with van der Waals surface area (Å²) in [6.07, 6.45) is 0. The summed E-state index contributed by atoms with van der Waals surface area (Å²) in [7, 11) is 0. The van der Waals surface area contributed by atoms with Crippen molar-refractivity contribution in [1.82, 2.24) is 15.3 Å². The van der Waals surface area contributed by atoms with E-state index in [1.165, 1.54) is 5.56 Å². The number of halogens is 1. The third-order valence-corrected chi connectivity index (χ3v) is 5.22. The SMILES string of the molecule is Cc1nc(N2CCNCC2)c2c(-c3ccc(Cl)cc3)csc2n1. The van der Waals surface area contributed by atoms with Gasteiger partial charge in [-0.2, -0.15) is 0 Å². The largest absolute Gasteiger partial charge is 0.353 e. The fourth-order valence-electron chi connectivity index (χ4n) is 2.97. The molecule has 118 valence electrons. The summed E-state index contributed by atoms with van der Waals surface area (Å²) in [6, 6.07) is 7.98. The van der Waals surface area contributed by atoms with Gasteiger partial charge in [-0.25, -0.2) is 9.97 Å². The fourth-order valence-corrected chi connectivity index (χ4v) is 4.09. The third kappa shape index (κ3) is 2.80. The molecule has 0 bridgehead atoms. The van der Waals surface area contributed by atoms with Gasteiger partial charge in [-0.1, -0.05) is 23.7 Å². The van der Waals surface area contributed by atoms with Crippen LogP contribution in [0.5, 0.6) is 0 Å². The Kier molecular flexibility index (Phi) is 3.93. The van der Waals surface area contributed by atoms with E-state index in [0.29, 0.717) is 0 Å². The first kappa shape index (κ1) is 14.9. The minimum Gasteiger partial charge on any atom is -0.353 e. The molecule has 2 aromatic heterocycles. The molecule has 6 heteroatoms. The molecule has 1 aromatic carbocycles. The summed E-state index contributed by atoms with van der Waals surface area (Å²) in [5.74, 6) is 1.88. The smallest absolute Gasteiger partial charge is 0.141 e. The van der Waals surface area contributed by atoms with Gasteiger partial charge in [0.25, 0.3) is 0 Å². The van der Waals surface area contributed by atoms with Crippen LogP contribution in [0.25, 0.3) is 21.3 Å². The maximum atomic E-state index is 6.03. The third-order valence-electron chi connectivity index (χ3n) is 4.10. The van der Waals surface area contributed by atoms with Crippen molar-refractivity contribution in [3.8, 4) is 11.1 Å². The standard InChI is InChI=1S/C17H17ClN4S/c1-11-20-16(22-8-6-19-7-9-22)15-14(10-23-17(15)21-11)12-2-4-13(18)5-3-12/h2-5,10,19H,6-9H2,1H3. The number of aryl methyl sites for hydroxylation is 1. The Morgan fingerprint density at radius 3 is 2.61 bits per heavy atom. The Hall–Kier alpha value is -1.69. The minimum absolute atomic E-state index is 0.753. The molecule has 0 radical (unpaired) electrons. The number of aromatic nitrogens is 2. The number of rotatable bonds is 2. The van der Waals surface area contributed by atoms with Crippen molar-refractivity contribution >= 4 is 39.0 Å². The van der Waals surface area contributed by atoms with Crippen LogP contribution in [0.2, 0.25) is 5.02 Å². The van der Waals surface area contributed by atoms with Crippen molar-refractivity contribution in [2.24, 2.45) is 0 Å². The van der Waals surface area contributed by atoms with Crippen LogP contribution in [0.4, 0.5) is 5.82 Å². The lowest BCUT2D eigenvalue weighted by atomic mass is 10.1. The fraction of sp³-hybridized carbons (Fsp3) is 0.294. The van der Waals surface area contributed by atoms with Crippen molar-refractivity contribution in [1.29, 1.82) is 0 Å². The van der Waals surface area contributed by atoms with Crippen molar-refractivity contribution in [2.45, 2.75) is 6.92 Å². The average Bonchev–Trinajstić information content (AvgIpc) is 2.99. The number of nitrogens with one attached hydrogen (secondary N) is 1. The van der Waals surface area contributed by atoms with Crippen LogP contribution >= 0.6 is 22.9 Å². The number of piperazine rings is 1. The molecule has 0 amide bonds. The van der Waals surface area contributed by atoms with E-state index in [1.807, 2.05) is 19.1 Å². The first-order valence-electron chi connectivity index (χ1n) is 7.70. The molecule has 3 heterocycles. The van der Waals surface area contributed by atoms with E-state index >= 15 is 0 Å². The van der Waals surface area contributed by atoms with E-state index in [9.17, 15) is 0 Å². The van der Waals surface area contributed by atoms with Gasteiger partial charge in [0, 0.05) is 42.1 Å². The summed E-state index contributed by atoms with van der Waals surface area (Å²) < 4.78 is 0. The highest BCUT2D eigenvalue weighted by atomic mass is 35.5. The molecule has 4 nitrogen and oxygen atoms in total. The number of anilines is 1. The Morgan fingerprint density at radius 1 is 1.13 bits per heavy atom. The molecule has 0 saturated carbocycles. The first-order chi connectivity index (χ1) is 11.2. The predicted molar refractivity (Wildman–Crippen MR) is 97.7 cm³/mol. The second kappa shape index (κ2) is 6.07. The molecule has 1 aliphatic heterocycles. The molecule has 0 atom stereocenters. The number of benzene rings is 1. The van der Waals surface area contributed by atoms with E-state index in [-0.39, 0.29) is 0 Å². The molecular weight excluding hydrogens is 328 g/mol. The lowest BCUT2D eigenvalue weighted by Crippen LogP contribution is -2.44. The predicted octanol–water partition coefficient (Wildman–Crippen LogP) is 3.73. The quantitative estimate of drug-likeness (QED) is 0.769. The average molecular weight is 345 g/mol. The van der Waals surface area contributed by atoms with E-state index in [2.05, 4.69) is 32.7 Å². The summed E-state index contributed by atoms with van der Waals surface area (Å²) in [5, 5.41) is 7.48. The molecular formula is C17H17ClN4S. The van der Waals surface area contributed by atoms with Crippen LogP contribution in [0, 0.1) is 6.92 Å². The molecule has 1 saturated heterocycles. The van der Waals surface area contributed by atoms with Crippen molar-refractivity contribution < 1.29 is 0 Å². The lowest BCUT2D eigenvalue weighted by Gasteiger charge is -2.29. The zero-order valence-electron chi connectivity index (χ0n) is 12.8. The summed E-state index contributed by atoms with van der Waals surface area (Å²) in [6.45, 7) is 5.89. The van der Waals surface area contributed by atoms with Gasteiger partial charge in [0.1, 0.15) is 16.5 Å². The van der Waals surface area contributed by atoms with Gasteiger partial charge in [-0.15, -0.1) is 11.3 Å². The zero-order chi connectivity index (χ0) is 15.8. The van der Waals surface area contributed by atoms with Gasteiger partial charge in [0.05, 0.1) is 5.39 Å². The molecule has 0 unspecified atom stereocenters.